The molecule has 3 nitrogen and oxygen atoms in total. The fraction of sp³-hybridized carbons (Fsp3) is 0.562. The van der Waals surface area contributed by atoms with Gasteiger partial charge < -0.3 is 11.1 Å². The van der Waals surface area contributed by atoms with Crippen molar-refractivity contribution in [3.8, 4) is 0 Å². The molecule has 3 N–H and O–H groups in total. The summed E-state index contributed by atoms with van der Waals surface area (Å²) in [7, 11) is 0. The molecule has 0 aromatic heterocycles. The predicted molar refractivity (Wildman–Crippen MR) is 78.5 cm³/mol. The molecular weight excluding hydrogens is 236 g/mol. The Morgan fingerprint density at radius 2 is 1.84 bits per heavy atom. The molecule has 3 heteroatoms. The second kappa shape index (κ2) is 7.17. The number of hydrogen-bond acceptors (Lipinski definition) is 2. The van der Waals surface area contributed by atoms with E-state index in [0.29, 0.717) is 13.0 Å². The maximum atomic E-state index is 11.8. The van der Waals surface area contributed by atoms with Crippen LogP contribution in [0.1, 0.15) is 50.5 Å². The summed E-state index contributed by atoms with van der Waals surface area (Å²) in [6.07, 6.45) is 8.40. The maximum Gasteiger partial charge on any atom is 0.220 e. The molecule has 1 aromatic carbocycles. The molecule has 1 saturated carbocycles. The molecule has 0 radical (unpaired) electrons. The van der Waals surface area contributed by atoms with E-state index in [9.17, 15) is 4.79 Å². The van der Waals surface area contributed by atoms with Gasteiger partial charge in [0.25, 0.3) is 0 Å². The quantitative estimate of drug-likeness (QED) is 0.798. The normalized spacial score (nSPS) is 16.2. The molecule has 0 heterocycles. The highest BCUT2D eigenvalue weighted by molar-refractivity contribution is 5.75. The number of benzene rings is 1. The predicted octanol–water partition coefficient (Wildman–Crippen LogP) is 3.25. The zero-order chi connectivity index (χ0) is 13.5. The van der Waals surface area contributed by atoms with Gasteiger partial charge in [-0.1, -0.05) is 44.2 Å². The summed E-state index contributed by atoms with van der Waals surface area (Å²) in [6, 6.07) is 7.64. The summed E-state index contributed by atoms with van der Waals surface area (Å²) in [5.74, 6) is 0.943. The minimum absolute atomic E-state index is 0.169. The molecule has 104 valence electrons. The van der Waals surface area contributed by atoms with Gasteiger partial charge in [0.15, 0.2) is 0 Å². The maximum absolute atomic E-state index is 11.8. The van der Waals surface area contributed by atoms with Crippen LogP contribution >= 0.6 is 0 Å². The molecule has 2 rings (SSSR count). The highest BCUT2D eigenvalue weighted by Crippen LogP contribution is 2.27. The van der Waals surface area contributed by atoms with Crippen molar-refractivity contribution in [1.29, 1.82) is 0 Å². The molecule has 0 unspecified atom stereocenters. The number of carbonyl (C=O) groups is 1. The van der Waals surface area contributed by atoms with E-state index in [4.69, 9.17) is 5.73 Å². The Kier molecular flexibility index (Phi) is 5.25. The molecule has 0 saturated heterocycles. The fourth-order valence-corrected chi connectivity index (χ4v) is 2.74. The van der Waals surface area contributed by atoms with Gasteiger partial charge in [0, 0.05) is 18.7 Å². The van der Waals surface area contributed by atoms with Crippen LogP contribution in [0.4, 0.5) is 5.69 Å². The van der Waals surface area contributed by atoms with Gasteiger partial charge in [0.05, 0.1) is 0 Å². The van der Waals surface area contributed by atoms with E-state index in [1.165, 1.54) is 32.1 Å². The third-order valence-electron chi connectivity index (χ3n) is 3.97. The van der Waals surface area contributed by atoms with E-state index in [1.54, 1.807) is 0 Å². The molecule has 1 aromatic rings. The van der Waals surface area contributed by atoms with Crippen molar-refractivity contribution < 1.29 is 4.79 Å². The van der Waals surface area contributed by atoms with Crippen molar-refractivity contribution in [2.45, 2.75) is 51.5 Å². The summed E-state index contributed by atoms with van der Waals surface area (Å²) >= 11 is 0. The van der Waals surface area contributed by atoms with Crippen LogP contribution in [0.5, 0.6) is 0 Å². The summed E-state index contributed by atoms with van der Waals surface area (Å²) in [5.41, 5.74) is 7.48. The van der Waals surface area contributed by atoms with Crippen LogP contribution in [-0.4, -0.2) is 5.91 Å². The number of nitrogens with two attached hydrogens (primary N) is 1. The Hall–Kier alpha value is -1.51. The monoisotopic (exact) mass is 260 g/mol. The molecule has 0 aliphatic heterocycles. The van der Waals surface area contributed by atoms with Crippen molar-refractivity contribution in [2.24, 2.45) is 5.92 Å². The number of hydrogen-bond donors (Lipinski definition) is 2. The lowest BCUT2D eigenvalue weighted by molar-refractivity contribution is -0.121. The van der Waals surface area contributed by atoms with Crippen LogP contribution in [0.25, 0.3) is 0 Å². The third kappa shape index (κ3) is 4.93. The first-order valence-corrected chi connectivity index (χ1v) is 7.35. The molecule has 19 heavy (non-hydrogen) atoms. The van der Waals surface area contributed by atoms with Crippen LogP contribution in [0.2, 0.25) is 0 Å². The van der Waals surface area contributed by atoms with E-state index in [1.807, 2.05) is 24.3 Å². The largest absolute Gasteiger partial charge is 0.399 e. The lowest BCUT2D eigenvalue weighted by Gasteiger charge is -2.20. The summed E-state index contributed by atoms with van der Waals surface area (Å²) in [4.78, 5) is 11.8. The summed E-state index contributed by atoms with van der Waals surface area (Å²) < 4.78 is 0. The first-order valence-electron chi connectivity index (χ1n) is 7.35. The van der Waals surface area contributed by atoms with Gasteiger partial charge in [-0.3, -0.25) is 4.79 Å². The molecule has 0 spiro atoms. The number of nitrogens with one attached hydrogen (secondary N) is 1. The number of anilines is 1. The second-order valence-electron chi connectivity index (χ2n) is 5.56. The lowest BCUT2D eigenvalue weighted by atomic mass is 9.86. The average molecular weight is 260 g/mol. The second-order valence-corrected chi connectivity index (χ2v) is 5.56. The van der Waals surface area contributed by atoms with Gasteiger partial charge in [0.1, 0.15) is 0 Å². The number of amides is 1. The number of carbonyl (C=O) groups excluding carboxylic acids is 1. The van der Waals surface area contributed by atoms with Crippen LogP contribution in [0.15, 0.2) is 24.3 Å². The van der Waals surface area contributed by atoms with Gasteiger partial charge >= 0.3 is 0 Å². The minimum Gasteiger partial charge on any atom is -0.399 e. The first-order chi connectivity index (χ1) is 9.24. The molecule has 0 atom stereocenters. The molecular formula is C16H24N2O. The van der Waals surface area contributed by atoms with E-state index < -0.39 is 0 Å². The van der Waals surface area contributed by atoms with Crippen LogP contribution in [-0.2, 0) is 11.3 Å². The van der Waals surface area contributed by atoms with E-state index in [0.717, 1.165) is 23.6 Å². The van der Waals surface area contributed by atoms with Gasteiger partial charge in [-0.05, 0) is 30.0 Å². The first kappa shape index (κ1) is 13.9. The van der Waals surface area contributed by atoms with Gasteiger partial charge in [-0.15, -0.1) is 0 Å². The summed E-state index contributed by atoms with van der Waals surface area (Å²) in [5, 5.41) is 2.98. The fourth-order valence-electron chi connectivity index (χ4n) is 2.74. The number of rotatable bonds is 5. The van der Waals surface area contributed by atoms with Crippen molar-refractivity contribution in [2.75, 3.05) is 5.73 Å². The highest BCUT2D eigenvalue weighted by atomic mass is 16.1. The Morgan fingerprint density at radius 3 is 2.53 bits per heavy atom. The Bertz CT molecular complexity index is 394. The van der Waals surface area contributed by atoms with Gasteiger partial charge in [-0.2, -0.15) is 0 Å². The molecule has 1 amide bonds. The van der Waals surface area contributed by atoms with Crippen LogP contribution in [0.3, 0.4) is 0 Å². The molecule has 1 aliphatic rings. The van der Waals surface area contributed by atoms with Crippen molar-refractivity contribution in [3.63, 3.8) is 0 Å². The van der Waals surface area contributed by atoms with Gasteiger partial charge in [0.2, 0.25) is 5.91 Å². The van der Waals surface area contributed by atoms with Crippen LogP contribution < -0.4 is 11.1 Å². The van der Waals surface area contributed by atoms with E-state index >= 15 is 0 Å². The smallest absolute Gasteiger partial charge is 0.220 e. The van der Waals surface area contributed by atoms with Crippen molar-refractivity contribution >= 4 is 11.6 Å². The lowest BCUT2D eigenvalue weighted by Crippen LogP contribution is -2.23. The van der Waals surface area contributed by atoms with Gasteiger partial charge in [-0.25, -0.2) is 0 Å². The molecule has 0 bridgehead atoms. The topological polar surface area (TPSA) is 55.1 Å². The SMILES string of the molecule is Nc1ccc(CNC(=O)CCC2CCCCC2)cc1. The van der Waals surface area contributed by atoms with Crippen molar-refractivity contribution in [3.05, 3.63) is 29.8 Å². The average Bonchev–Trinajstić information content (AvgIpc) is 2.45. The Morgan fingerprint density at radius 1 is 1.16 bits per heavy atom. The Labute approximate surface area is 115 Å². The van der Waals surface area contributed by atoms with Crippen LogP contribution in [0, 0.1) is 5.92 Å². The number of nitrogen functional groups attached to an aromatic ring is 1. The van der Waals surface area contributed by atoms with E-state index in [2.05, 4.69) is 5.32 Å². The Balaban J connectivity index is 1.65. The molecule has 1 aliphatic carbocycles. The standard InChI is InChI=1S/C16H24N2O/c17-15-9-6-14(7-10-15)12-18-16(19)11-8-13-4-2-1-3-5-13/h6-7,9-10,13H,1-5,8,11-12,17H2,(H,18,19). The van der Waals surface area contributed by atoms with Crippen molar-refractivity contribution in [1.82, 2.24) is 5.32 Å². The van der Waals surface area contributed by atoms with E-state index in [-0.39, 0.29) is 5.91 Å². The highest BCUT2D eigenvalue weighted by Gasteiger charge is 2.14. The zero-order valence-electron chi connectivity index (χ0n) is 11.5. The third-order valence-corrected chi connectivity index (χ3v) is 3.97. The minimum atomic E-state index is 0.169. The zero-order valence-corrected chi connectivity index (χ0v) is 11.5. The molecule has 1 fully saturated rings. The summed E-state index contributed by atoms with van der Waals surface area (Å²) in [6.45, 7) is 0.601.